The summed E-state index contributed by atoms with van der Waals surface area (Å²) in [5.41, 5.74) is -0.924. The Hall–Kier alpha value is -3.27. The van der Waals surface area contributed by atoms with E-state index in [9.17, 15) is 24.8 Å². The summed E-state index contributed by atoms with van der Waals surface area (Å²) in [7, 11) is 1.18. The van der Waals surface area contributed by atoms with Gasteiger partial charge in [-0.3, -0.25) is 29.9 Å². The lowest BCUT2D eigenvalue weighted by atomic mass is 10.1. The van der Waals surface area contributed by atoms with Gasteiger partial charge < -0.3 is 9.84 Å². The van der Waals surface area contributed by atoms with Crippen LogP contribution in [0.3, 0.4) is 0 Å². The molecule has 0 aromatic heterocycles. The first-order valence-corrected chi connectivity index (χ1v) is 7.24. The van der Waals surface area contributed by atoms with Gasteiger partial charge in [0.25, 0.3) is 17.5 Å². The van der Waals surface area contributed by atoms with Gasteiger partial charge in [0.1, 0.15) is 11.3 Å². The summed E-state index contributed by atoms with van der Waals surface area (Å²) < 4.78 is 4.82. The second-order valence-electron chi connectivity index (χ2n) is 4.85. The number of rotatable bonds is 5. The van der Waals surface area contributed by atoms with Crippen molar-refractivity contribution in [2.75, 3.05) is 13.7 Å². The van der Waals surface area contributed by atoms with Crippen LogP contribution in [0.15, 0.2) is 30.4 Å². The summed E-state index contributed by atoms with van der Waals surface area (Å²) in [5.74, 6) is -2.60. The lowest BCUT2D eigenvalue weighted by Gasteiger charge is -2.27. The van der Waals surface area contributed by atoms with Crippen LogP contribution in [0.1, 0.15) is 5.56 Å². The van der Waals surface area contributed by atoms with Crippen LogP contribution in [0.25, 0.3) is 6.08 Å². The highest BCUT2D eigenvalue weighted by atomic mass is 32.1. The van der Waals surface area contributed by atoms with Crippen molar-refractivity contribution in [2.24, 2.45) is 0 Å². The van der Waals surface area contributed by atoms with Gasteiger partial charge in [-0.1, -0.05) is 6.08 Å². The van der Waals surface area contributed by atoms with E-state index in [4.69, 9.17) is 17.0 Å². The molecular formula is C15H12N3O6S-. The van der Waals surface area contributed by atoms with Crippen LogP contribution in [0.2, 0.25) is 0 Å². The number of methoxy groups -OCH3 is 1. The molecule has 9 nitrogen and oxygen atoms in total. The number of nitro benzene ring substituents is 1. The summed E-state index contributed by atoms with van der Waals surface area (Å²) in [5, 5.41) is 25.1. The van der Waals surface area contributed by atoms with Crippen LogP contribution in [0.5, 0.6) is 11.5 Å². The van der Waals surface area contributed by atoms with Crippen LogP contribution in [0.4, 0.5) is 5.69 Å². The summed E-state index contributed by atoms with van der Waals surface area (Å²) >= 11 is 4.92. The maximum atomic E-state index is 12.4. The highest BCUT2D eigenvalue weighted by molar-refractivity contribution is 7.80. The van der Waals surface area contributed by atoms with E-state index in [1.54, 1.807) is 0 Å². The van der Waals surface area contributed by atoms with Crippen molar-refractivity contribution in [3.05, 3.63) is 46.0 Å². The van der Waals surface area contributed by atoms with Gasteiger partial charge >= 0.3 is 0 Å². The molecule has 1 aliphatic rings. The Morgan fingerprint density at radius 3 is 2.68 bits per heavy atom. The molecule has 0 atom stereocenters. The molecule has 0 aliphatic carbocycles. The molecule has 0 bridgehead atoms. The number of carbonyl (C=O) groups excluding carboxylic acids is 2. The largest absolute Gasteiger partial charge is 0.865 e. The van der Waals surface area contributed by atoms with E-state index in [2.05, 4.69) is 11.9 Å². The molecule has 1 aromatic rings. The minimum Gasteiger partial charge on any atom is -0.865 e. The van der Waals surface area contributed by atoms with Gasteiger partial charge in [-0.25, -0.2) is 0 Å². The molecule has 10 heteroatoms. The molecule has 1 aliphatic heterocycles. The van der Waals surface area contributed by atoms with Crippen LogP contribution in [-0.4, -0.2) is 40.4 Å². The lowest BCUT2D eigenvalue weighted by Crippen LogP contribution is -2.53. The molecule has 25 heavy (non-hydrogen) atoms. The summed E-state index contributed by atoms with van der Waals surface area (Å²) in [6.07, 6.45) is 2.56. The molecule has 2 rings (SSSR count). The van der Waals surface area contributed by atoms with Crippen LogP contribution in [0, 0.1) is 10.1 Å². The highest BCUT2D eigenvalue weighted by Gasteiger charge is 2.32. The van der Waals surface area contributed by atoms with Gasteiger partial charge in [-0.05, 0) is 29.9 Å². The van der Waals surface area contributed by atoms with Crippen molar-refractivity contribution in [1.82, 2.24) is 10.2 Å². The number of carbonyl (C=O) groups is 2. The highest BCUT2D eigenvalue weighted by Crippen LogP contribution is 2.35. The smallest absolute Gasteiger partial charge is 0.266 e. The fraction of sp³-hybridized carbons (Fsp3) is 0.133. The van der Waals surface area contributed by atoms with E-state index >= 15 is 0 Å². The third kappa shape index (κ3) is 3.48. The van der Waals surface area contributed by atoms with Crippen LogP contribution < -0.4 is 15.2 Å². The van der Waals surface area contributed by atoms with E-state index in [-0.39, 0.29) is 28.5 Å². The molecule has 0 unspecified atom stereocenters. The second-order valence-corrected chi connectivity index (χ2v) is 5.24. The molecule has 2 amide bonds. The Morgan fingerprint density at radius 2 is 2.12 bits per heavy atom. The first kappa shape index (κ1) is 18.1. The Kier molecular flexibility index (Phi) is 5.13. The molecule has 0 saturated carbocycles. The Balaban J connectivity index is 2.54. The van der Waals surface area contributed by atoms with Gasteiger partial charge in [-0.2, -0.15) is 0 Å². The SMILES string of the molecule is C=CCN1C(=O)/C(=C/c2cc(OC)c([O-])c([N+](=O)[O-])c2)C(=O)NC1=S. The van der Waals surface area contributed by atoms with Gasteiger partial charge in [0.15, 0.2) is 5.11 Å². The van der Waals surface area contributed by atoms with Crippen LogP contribution in [-0.2, 0) is 9.59 Å². The number of nitro groups is 1. The van der Waals surface area contributed by atoms with Crippen molar-refractivity contribution in [3.8, 4) is 11.5 Å². The zero-order chi connectivity index (χ0) is 18.7. The first-order chi connectivity index (χ1) is 11.8. The fourth-order valence-corrected chi connectivity index (χ4v) is 2.38. The third-order valence-electron chi connectivity index (χ3n) is 3.28. The quantitative estimate of drug-likeness (QED) is 0.202. The maximum absolute atomic E-state index is 12.4. The number of thiocarbonyl (C=S) groups is 1. The minimum atomic E-state index is -0.900. The molecule has 0 spiro atoms. The number of nitrogens with zero attached hydrogens (tertiary/aromatic N) is 2. The van der Waals surface area contributed by atoms with Gasteiger partial charge in [0, 0.05) is 18.4 Å². The van der Waals surface area contributed by atoms with Crippen molar-refractivity contribution in [3.63, 3.8) is 0 Å². The van der Waals surface area contributed by atoms with Gasteiger partial charge in [-0.15, -0.1) is 6.58 Å². The third-order valence-corrected chi connectivity index (χ3v) is 3.61. The lowest BCUT2D eigenvalue weighted by molar-refractivity contribution is -0.398. The monoisotopic (exact) mass is 362 g/mol. The van der Waals surface area contributed by atoms with Gasteiger partial charge in [0.2, 0.25) is 0 Å². The Bertz CT molecular complexity index is 833. The summed E-state index contributed by atoms with van der Waals surface area (Å²) in [6, 6.07) is 2.16. The van der Waals surface area contributed by atoms with E-state index in [0.717, 1.165) is 17.0 Å². The molecule has 0 radical (unpaired) electrons. The van der Waals surface area contributed by atoms with E-state index in [0.29, 0.717) is 0 Å². The molecule has 1 fully saturated rings. The standard InChI is InChI=1S/C15H13N3O6S/c1-3-4-17-14(21)9(13(20)16-15(17)25)5-8-6-10(18(22)23)12(19)11(7-8)24-2/h3,5-7,19H,1,4H2,2H3,(H,16,20,25)/p-1/b9-5+. The van der Waals surface area contributed by atoms with E-state index in [1.165, 1.54) is 19.3 Å². The fourth-order valence-electron chi connectivity index (χ4n) is 2.13. The van der Waals surface area contributed by atoms with Crippen molar-refractivity contribution in [2.45, 2.75) is 0 Å². The molecule has 1 aromatic carbocycles. The maximum Gasteiger partial charge on any atom is 0.266 e. The van der Waals surface area contributed by atoms with Crippen LogP contribution >= 0.6 is 12.2 Å². The molecular weight excluding hydrogens is 350 g/mol. The number of hydrogen-bond acceptors (Lipinski definition) is 7. The number of ether oxygens (including phenoxy) is 1. The number of amides is 2. The summed E-state index contributed by atoms with van der Waals surface area (Å²) in [6.45, 7) is 3.58. The second kappa shape index (κ2) is 7.09. The summed E-state index contributed by atoms with van der Waals surface area (Å²) in [4.78, 5) is 35.7. The van der Waals surface area contributed by atoms with Crippen molar-refractivity contribution in [1.29, 1.82) is 0 Å². The number of nitrogens with one attached hydrogen (secondary N) is 1. The average molecular weight is 362 g/mol. The normalized spacial score (nSPS) is 16.0. The first-order valence-electron chi connectivity index (χ1n) is 6.83. The molecule has 1 heterocycles. The zero-order valence-electron chi connectivity index (χ0n) is 13.0. The predicted molar refractivity (Wildman–Crippen MR) is 89.7 cm³/mol. The topological polar surface area (TPSA) is 125 Å². The molecule has 130 valence electrons. The predicted octanol–water partition coefficient (Wildman–Crippen LogP) is 0.490. The number of benzene rings is 1. The number of hydrogen-bond donors (Lipinski definition) is 1. The molecule has 1 saturated heterocycles. The molecule has 1 N–H and O–H groups in total. The van der Waals surface area contributed by atoms with E-state index in [1.807, 2.05) is 0 Å². The average Bonchev–Trinajstić information content (AvgIpc) is 2.56. The van der Waals surface area contributed by atoms with Gasteiger partial charge in [0.05, 0.1) is 12.0 Å². The Morgan fingerprint density at radius 1 is 1.44 bits per heavy atom. The van der Waals surface area contributed by atoms with Crippen molar-refractivity contribution < 1.29 is 24.4 Å². The zero-order valence-corrected chi connectivity index (χ0v) is 13.8. The minimum absolute atomic E-state index is 0.0643. The van der Waals surface area contributed by atoms with Crippen molar-refractivity contribution >= 4 is 40.9 Å². The van der Waals surface area contributed by atoms with E-state index < -0.39 is 28.2 Å². The Labute approximate surface area is 147 Å².